The van der Waals surface area contributed by atoms with Crippen LogP contribution in [0.3, 0.4) is 0 Å². The average molecular weight is 281 g/mol. The third kappa shape index (κ3) is 3.70. The van der Waals surface area contributed by atoms with Gasteiger partial charge in [-0.3, -0.25) is 0 Å². The Morgan fingerprint density at radius 1 is 1.47 bits per heavy atom. The van der Waals surface area contributed by atoms with E-state index in [-0.39, 0.29) is 6.04 Å². The summed E-state index contributed by atoms with van der Waals surface area (Å²) in [6.07, 6.45) is 5.36. The van der Waals surface area contributed by atoms with Crippen molar-refractivity contribution in [3.05, 3.63) is 24.3 Å². The highest BCUT2D eigenvalue weighted by Crippen LogP contribution is 2.25. The first-order valence-corrected chi connectivity index (χ1v) is 8.52. The van der Waals surface area contributed by atoms with Crippen molar-refractivity contribution in [1.29, 1.82) is 0 Å². The second kappa shape index (κ2) is 6.39. The van der Waals surface area contributed by atoms with Gasteiger partial charge in [-0.05, 0) is 43.9 Å². The van der Waals surface area contributed by atoms with Gasteiger partial charge in [-0.2, -0.15) is 0 Å². The van der Waals surface area contributed by atoms with Crippen LogP contribution in [0.5, 0.6) is 0 Å². The zero-order valence-electron chi connectivity index (χ0n) is 11.5. The third-order valence-corrected chi connectivity index (χ3v) is 5.46. The number of rotatable bonds is 6. The Hall–Kier alpha value is -1.07. The van der Waals surface area contributed by atoms with Crippen LogP contribution in [0.25, 0.3) is 0 Å². The van der Waals surface area contributed by atoms with Gasteiger partial charge in [0.05, 0.1) is 10.9 Å². The molecule has 0 radical (unpaired) electrons. The maximum atomic E-state index is 13.1. The quantitative estimate of drug-likeness (QED) is 0.622. The summed E-state index contributed by atoms with van der Waals surface area (Å²) in [5.74, 6) is 0. The molecule has 3 N–H and O–H groups in total. The number of hydrogen-bond donors (Lipinski definition) is 2. The summed E-state index contributed by atoms with van der Waals surface area (Å²) < 4.78 is 20.8. The molecular formula is C14H23N3OS. The fraction of sp³-hybridized carbons (Fsp3) is 0.571. The Balaban J connectivity index is 2.27. The highest BCUT2D eigenvalue weighted by atomic mass is 32.2. The molecule has 4 nitrogen and oxygen atoms in total. The molecule has 1 unspecified atom stereocenters. The van der Waals surface area contributed by atoms with Crippen LogP contribution >= 0.6 is 0 Å². The lowest BCUT2D eigenvalue weighted by Crippen LogP contribution is -2.28. The van der Waals surface area contributed by atoms with Crippen LogP contribution in [0.2, 0.25) is 0 Å². The Kier molecular flexibility index (Phi) is 4.82. The third-order valence-electron chi connectivity index (χ3n) is 3.38. The van der Waals surface area contributed by atoms with Crippen LogP contribution in [-0.4, -0.2) is 16.8 Å². The van der Waals surface area contributed by atoms with E-state index in [1.165, 1.54) is 6.42 Å². The largest absolute Gasteiger partial charge is 0.399 e. The molecule has 0 amide bonds. The minimum atomic E-state index is -2.53. The Morgan fingerprint density at radius 3 is 2.84 bits per heavy atom. The van der Waals surface area contributed by atoms with Gasteiger partial charge in [0, 0.05) is 12.2 Å². The van der Waals surface area contributed by atoms with Crippen molar-refractivity contribution in [3.8, 4) is 0 Å². The molecule has 106 valence electrons. The van der Waals surface area contributed by atoms with E-state index in [9.17, 15) is 4.21 Å². The topological polar surface area (TPSA) is 67.5 Å². The maximum absolute atomic E-state index is 13.1. The first-order valence-electron chi connectivity index (χ1n) is 7.00. The van der Waals surface area contributed by atoms with Gasteiger partial charge in [0.15, 0.2) is 0 Å². The molecule has 1 atom stereocenters. The van der Waals surface area contributed by atoms with Gasteiger partial charge in [0.1, 0.15) is 9.92 Å². The van der Waals surface area contributed by atoms with Crippen molar-refractivity contribution in [2.45, 2.75) is 50.0 Å². The molecule has 1 aromatic carbocycles. The van der Waals surface area contributed by atoms with Gasteiger partial charge in [0.2, 0.25) is 0 Å². The summed E-state index contributed by atoms with van der Waals surface area (Å²) >= 11 is 0. The summed E-state index contributed by atoms with van der Waals surface area (Å²) in [6.45, 7) is 2.84. The summed E-state index contributed by atoms with van der Waals surface area (Å²) in [6, 6.07) is 7.49. The Bertz CT molecular complexity index is 531. The molecule has 1 fully saturated rings. The number of anilines is 1. The molecule has 1 aromatic rings. The van der Waals surface area contributed by atoms with Gasteiger partial charge in [-0.25, -0.2) is 13.3 Å². The fourth-order valence-corrected chi connectivity index (χ4v) is 3.93. The maximum Gasteiger partial charge on any atom is 0.137 e. The van der Waals surface area contributed by atoms with E-state index >= 15 is 0 Å². The van der Waals surface area contributed by atoms with Crippen LogP contribution in [0, 0.1) is 0 Å². The molecule has 0 aromatic heterocycles. The number of nitrogen functional groups attached to an aromatic ring is 1. The average Bonchev–Trinajstić information content (AvgIpc) is 2.34. The zero-order chi connectivity index (χ0) is 13.7. The van der Waals surface area contributed by atoms with Crippen molar-refractivity contribution in [3.63, 3.8) is 0 Å². The molecule has 1 aliphatic carbocycles. The van der Waals surface area contributed by atoms with Gasteiger partial charge in [0.25, 0.3) is 0 Å². The van der Waals surface area contributed by atoms with E-state index in [4.69, 9.17) is 5.73 Å². The molecule has 5 heteroatoms. The van der Waals surface area contributed by atoms with Gasteiger partial charge in [-0.1, -0.05) is 19.4 Å². The van der Waals surface area contributed by atoms with E-state index in [0.29, 0.717) is 10.6 Å². The predicted molar refractivity (Wildman–Crippen MR) is 80.2 cm³/mol. The van der Waals surface area contributed by atoms with Crippen LogP contribution in [0.1, 0.15) is 39.0 Å². The number of benzene rings is 1. The molecule has 1 saturated carbocycles. The van der Waals surface area contributed by atoms with Crippen molar-refractivity contribution >= 4 is 15.6 Å². The summed E-state index contributed by atoms with van der Waals surface area (Å²) in [4.78, 5) is 0.704. The molecule has 1 aliphatic rings. The second-order valence-corrected chi connectivity index (χ2v) is 7.06. The van der Waals surface area contributed by atoms with Gasteiger partial charge in [-0.15, -0.1) is 0 Å². The second-order valence-electron chi connectivity index (χ2n) is 5.04. The number of unbranched alkanes of at least 4 members (excludes halogenated alkanes) is 1. The first-order chi connectivity index (χ1) is 9.14. The minimum Gasteiger partial charge on any atom is -0.399 e. The zero-order valence-corrected chi connectivity index (χ0v) is 12.3. The molecule has 19 heavy (non-hydrogen) atoms. The SMILES string of the molecule is CCCCNS(=O)(=NC1CCC1)c1cccc(N)c1. The van der Waals surface area contributed by atoms with E-state index < -0.39 is 9.92 Å². The Labute approximate surface area is 116 Å². The van der Waals surface area contributed by atoms with Crippen LogP contribution in [0.4, 0.5) is 5.69 Å². The number of hydrogen-bond acceptors (Lipinski definition) is 3. The standard InChI is InChI=1S/C14H23N3OS/c1-2-3-10-16-19(18,17-13-7-5-8-13)14-9-4-6-12(15)11-14/h4,6,9,11,13H,2-3,5,7-8,10,15H2,1H3,(H,16,17,18). The predicted octanol–water partition coefficient (Wildman–Crippen LogP) is 2.95. The lowest BCUT2D eigenvalue weighted by atomic mass is 9.95. The van der Waals surface area contributed by atoms with Gasteiger partial charge < -0.3 is 5.73 Å². The van der Waals surface area contributed by atoms with E-state index in [1.54, 1.807) is 12.1 Å². The molecule has 0 aliphatic heterocycles. The lowest BCUT2D eigenvalue weighted by Gasteiger charge is -2.23. The van der Waals surface area contributed by atoms with E-state index in [0.717, 1.165) is 32.2 Å². The van der Waals surface area contributed by atoms with E-state index in [1.807, 2.05) is 12.1 Å². The molecule has 0 saturated heterocycles. The minimum absolute atomic E-state index is 0.239. The molecule has 0 heterocycles. The number of nitrogens with two attached hydrogens (primary N) is 1. The van der Waals surface area contributed by atoms with Crippen LogP contribution in [-0.2, 0) is 9.92 Å². The van der Waals surface area contributed by atoms with Gasteiger partial charge >= 0.3 is 0 Å². The lowest BCUT2D eigenvalue weighted by molar-refractivity contribution is 0.421. The van der Waals surface area contributed by atoms with Crippen molar-refractivity contribution in [2.75, 3.05) is 12.3 Å². The fourth-order valence-electron chi connectivity index (χ4n) is 1.96. The smallest absolute Gasteiger partial charge is 0.137 e. The summed E-state index contributed by atoms with van der Waals surface area (Å²) in [7, 11) is -2.53. The molecular weight excluding hydrogens is 258 g/mol. The van der Waals surface area contributed by atoms with Crippen LogP contribution < -0.4 is 10.5 Å². The van der Waals surface area contributed by atoms with Crippen molar-refractivity contribution < 1.29 is 4.21 Å². The normalized spacial score (nSPS) is 18.6. The number of nitrogens with zero attached hydrogens (tertiary/aromatic N) is 1. The highest BCUT2D eigenvalue weighted by molar-refractivity contribution is 7.91. The Morgan fingerprint density at radius 2 is 2.26 bits per heavy atom. The van der Waals surface area contributed by atoms with E-state index in [2.05, 4.69) is 16.0 Å². The van der Waals surface area contributed by atoms with Crippen molar-refractivity contribution in [2.24, 2.45) is 4.36 Å². The summed E-state index contributed by atoms with van der Waals surface area (Å²) in [5.41, 5.74) is 6.42. The number of nitrogens with one attached hydrogen (secondary N) is 1. The monoisotopic (exact) mass is 281 g/mol. The van der Waals surface area contributed by atoms with Crippen molar-refractivity contribution in [1.82, 2.24) is 4.72 Å². The van der Waals surface area contributed by atoms with Crippen LogP contribution in [0.15, 0.2) is 33.5 Å². The molecule has 2 rings (SSSR count). The summed E-state index contributed by atoms with van der Waals surface area (Å²) in [5, 5.41) is 0. The first kappa shape index (κ1) is 14.3. The molecule has 0 spiro atoms. The highest BCUT2D eigenvalue weighted by Gasteiger charge is 2.21. The molecule has 0 bridgehead atoms.